The van der Waals surface area contributed by atoms with Gasteiger partial charge < -0.3 is 35.3 Å². The second-order valence-electron chi connectivity index (χ2n) is 17.0. The normalized spacial score (nSPS) is 24.8. The van der Waals surface area contributed by atoms with Crippen LogP contribution in [0.25, 0.3) is 33.6 Å². The third-order valence-electron chi connectivity index (χ3n) is 13.2. The van der Waals surface area contributed by atoms with Crippen molar-refractivity contribution in [1.82, 2.24) is 40.5 Å². The number of carbonyl (C=O) groups is 3. The van der Waals surface area contributed by atoms with E-state index in [4.69, 9.17) is 14.7 Å². The maximum Gasteiger partial charge on any atom is 0.407 e. The predicted molar refractivity (Wildman–Crippen MR) is 217 cm³/mol. The lowest BCUT2D eigenvalue weighted by Crippen LogP contribution is -2.51. The van der Waals surface area contributed by atoms with Crippen molar-refractivity contribution in [3.05, 3.63) is 102 Å². The van der Waals surface area contributed by atoms with Crippen LogP contribution >= 0.6 is 0 Å². The van der Waals surface area contributed by atoms with Gasteiger partial charge in [0.15, 0.2) is 0 Å². The fourth-order valence-corrected chi connectivity index (χ4v) is 10.2. The average molecular weight is 783 g/mol. The summed E-state index contributed by atoms with van der Waals surface area (Å²) >= 11 is 0. The number of likely N-dealkylation sites (tertiary alicyclic amines) is 1. The van der Waals surface area contributed by atoms with E-state index in [2.05, 4.69) is 37.7 Å². The fourth-order valence-electron chi connectivity index (χ4n) is 10.2. The highest BCUT2D eigenvalue weighted by atomic mass is 16.5. The number of ether oxygens (including phenoxy) is 1. The quantitative estimate of drug-likeness (QED) is 0.105. The zero-order valence-corrected chi connectivity index (χ0v) is 33.3. The molecule has 3 aromatic heterocycles. The van der Waals surface area contributed by atoms with Crippen LogP contribution in [0.5, 0.6) is 0 Å². The summed E-state index contributed by atoms with van der Waals surface area (Å²) in [6.45, 7) is 6.65. The van der Waals surface area contributed by atoms with Crippen LogP contribution in [0.1, 0.15) is 93.2 Å². The largest absolute Gasteiger partial charge is 0.453 e. The van der Waals surface area contributed by atoms with Gasteiger partial charge in [0.1, 0.15) is 23.3 Å². The Morgan fingerprint density at radius 2 is 1.60 bits per heavy atom. The highest BCUT2D eigenvalue weighted by Crippen LogP contribution is 2.56. The third kappa shape index (κ3) is 6.54. The van der Waals surface area contributed by atoms with Crippen LogP contribution in [0.4, 0.5) is 4.79 Å². The van der Waals surface area contributed by atoms with Crippen molar-refractivity contribution < 1.29 is 24.2 Å². The molecule has 0 spiro atoms. The van der Waals surface area contributed by atoms with Gasteiger partial charge in [0, 0.05) is 31.4 Å². The number of nitrogens with zero attached hydrogens (tertiary/aromatic N) is 4. The molecule has 2 aromatic carbocycles. The van der Waals surface area contributed by atoms with E-state index in [1.807, 2.05) is 63.4 Å². The van der Waals surface area contributed by atoms with Crippen LogP contribution in [0.15, 0.2) is 73.3 Å². The molecule has 4 aliphatic rings. The molecule has 7 atom stereocenters. The molecule has 5 N–H and O–H groups in total. The number of rotatable bonds is 10. The Morgan fingerprint density at radius 3 is 2.26 bits per heavy atom. The van der Waals surface area contributed by atoms with E-state index in [1.54, 1.807) is 23.5 Å². The Morgan fingerprint density at radius 1 is 0.931 bits per heavy atom. The van der Waals surface area contributed by atoms with Gasteiger partial charge in [-0.15, -0.1) is 0 Å². The number of H-pyrrole nitrogens is 2. The first-order valence-corrected chi connectivity index (χ1v) is 20.5. The van der Waals surface area contributed by atoms with Gasteiger partial charge in [0.25, 0.3) is 0 Å². The van der Waals surface area contributed by atoms with Crippen molar-refractivity contribution in [2.75, 3.05) is 13.7 Å². The molecule has 1 aliphatic heterocycles. The molecule has 3 unspecified atom stereocenters. The zero-order chi connectivity index (χ0) is 40.3. The van der Waals surface area contributed by atoms with E-state index in [0.29, 0.717) is 30.7 Å². The second-order valence-corrected chi connectivity index (χ2v) is 17.0. The molecule has 2 bridgehead atoms. The molecular weight excluding hydrogens is 733 g/mol. The Bertz CT molecular complexity index is 2370. The monoisotopic (exact) mass is 782 g/mol. The van der Waals surface area contributed by atoms with Crippen LogP contribution < -0.4 is 10.6 Å². The van der Waals surface area contributed by atoms with Crippen LogP contribution in [0, 0.1) is 23.7 Å². The van der Waals surface area contributed by atoms with E-state index >= 15 is 0 Å². The van der Waals surface area contributed by atoms with Gasteiger partial charge in [-0.3, -0.25) is 14.6 Å². The number of imidazole rings is 2. The number of hydrogen-bond donors (Lipinski definition) is 5. The Kier molecular flexibility index (Phi) is 9.66. The summed E-state index contributed by atoms with van der Waals surface area (Å²) in [5.41, 5.74) is 6.69. The average Bonchev–Trinajstić information content (AvgIpc) is 4.10. The Hall–Kier alpha value is -5.82. The number of fused-ring (bicyclic) bond motifs is 5. The number of amides is 3. The van der Waals surface area contributed by atoms with Gasteiger partial charge in [0.05, 0.1) is 42.9 Å². The van der Waals surface area contributed by atoms with Crippen molar-refractivity contribution >= 4 is 17.9 Å². The number of benzene rings is 2. The molecule has 13 heteroatoms. The number of alkyl carbamates (subject to hydrolysis) is 1. The summed E-state index contributed by atoms with van der Waals surface area (Å²) < 4.78 is 4.78. The van der Waals surface area contributed by atoms with Crippen molar-refractivity contribution in [1.29, 1.82) is 0 Å². The number of pyridine rings is 1. The second kappa shape index (κ2) is 14.8. The molecular formula is C45H50N8O5. The molecule has 3 fully saturated rings. The highest BCUT2D eigenvalue weighted by Gasteiger charge is 2.52. The number of methoxy groups -OCH3 is 1. The van der Waals surface area contributed by atoms with E-state index in [0.717, 1.165) is 88.3 Å². The van der Waals surface area contributed by atoms with Gasteiger partial charge >= 0.3 is 6.09 Å². The first-order valence-electron chi connectivity index (χ1n) is 20.5. The van der Waals surface area contributed by atoms with Gasteiger partial charge in [-0.1, -0.05) is 44.2 Å². The van der Waals surface area contributed by atoms with Gasteiger partial charge in [0.2, 0.25) is 11.8 Å². The van der Waals surface area contributed by atoms with Gasteiger partial charge in [-0.2, -0.15) is 0 Å². The van der Waals surface area contributed by atoms with E-state index in [-0.39, 0.29) is 35.6 Å². The number of nitrogens with one attached hydrogen (secondary N) is 4. The van der Waals surface area contributed by atoms with Crippen molar-refractivity contribution in [2.24, 2.45) is 23.7 Å². The molecule has 2 saturated carbocycles. The molecule has 4 heterocycles. The van der Waals surface area contributed by atoms with Crippen LogP contribution in [-0.2, 0) is 26.5 Å². The minimum absolute atomic E-state index is 0.0300. The van der Waals surface area contributed by atoms with Crippen molar-refractivity contribution in [2.45, 2.75) is 83.0 Å². The lowest BCUT2D eigenvalue weighted by molar-refractivity contribution is -0.135. The lowest BCUT2D eigenvalue weighted by Gasteiger charge is -2.30. The third-order valence-corrected chi connectivity index (χ3v) is 13.2. The zero-order valence-electron chi connectivity index (χ0n) is 33.3. The van der Waals surface area contributed by atoms with E-state index in [9.17, 15) is 19.5 Å². The van der Waals surface area contributed by atoms with Gasteiger partial charge in [-0.05, 0) is 114 Å². The lowest BCUT2D eigenvalue weighted by atomic mass is 9.78. The SMILES string of the molecule is COC(=O)N[C@H](C(=O)N1CCC[C@H]1c1ncc(-c2ccc3c(c2)[C@](C)(O)c2cc(-c4cnc([C@@H]5C6CCC(C6)C5C(=O)NCc5cccnc5)[nH]4)ccc2-3)[nH]1)C(C)C. The first-order chi connectivity index (χ1) is 28.0. The van der Waals surface area contributed by atoms with Gasteiger partial charge in [-0.25, -0.2) is 14.8 Å². The summed E-state index contributed by atoms with van der Waals surface area (Å²) in [7, 11) is 1.29. The predicted octanol–water partition coefficient (Wildman–Crippen LogP) is 6.59. The maximum atomic E-state index is 13.7. The minimum Gasteiger partial charge on any atom is -0.453 e. The number of hydrogen-bond acceptors (Lipinski definition) is 8. The standard InChI is InChI=1S/C45H50N8O5/c1-24(2)39(52-44(56)58-4)43(55)53-16-6-8-36(53)40-47-22-34(50-40)26-11-13-30-31-14-12-27(19-33(31)45(3,57)32(30)18-26)35-23-48-41(51-35)37-28-9-10-29(17-28)38(37)42(54)49-21-25-7-5-15-46-20-25/h5,7,11-15,18-20,22-24,28-29,36-39,57H,6,8-10,16-17,21H2,1-4H3,(H,47,50)(H,48,51)(H,49,54)(H,52,56)/t28?,29?,36-,37+,38?,39-,45-/m0/s1. The number of aliphatic hydroxyl groups is 1. The summed E-state index contributed by atoms with van der Waals surface area (Å²) in [4.78, 5) is 62.0. The van der Waals surface area contributed by atoms with Crippen LogP contribution in [-0.4, -0.2) is 72.5 Å². The number of aromatic nitrogens is 5. The molecule has 3 aliphatic carbocycles. The summed E-state index contributed by atoms with van der Waals surface area (Å²) in [5, 5.41) is 18.1. The Labute approximate surface area is 337 Å². The summed E-state index contributed by atoms with van der Waals surface area (Å²) in [6.07, 6.45) is 11.3. The van der Waals surface area contributed by atoms with Crippen LogP contribution in [0.3, 0.4) is 0 Å². The van der Waals surface area contributed by atoms with E-state index in [1.165, 1.54) is 7.11 Å². The first kappa shape index (κ1) is 37.7. The topological polar surface area (TPSA) is 178 Å². The molecule has 300 valence electrons. The molecule has 13 nitrogen and oxygen atoms in total. The van der Waals surface area contributed by atoms with E-state index < -0.39 is 17.7 Å². The molecule has 58 heavy (non-hydrogen) atoms. The molecule has 1 saturated heterocycles. The number of carbonyl (C=O) groups excluding carboxylic acids is 3. The van der Waals surface area contributed by atoms with Crippen molar-refractivity contribution in [3.8, 4) is 33.6 Å². The highest BCUT2D eigenvalue weighted by molar-refractivity contribution is 5.87. The summed E-state index contributed by atoms with van der Waals surface area (Å²) in [6, 6.07) is 15.2. The number of aromatic amines is 2. The van der Waals surface area contributed by atoms with Crippen molar-refractivity contribution in [3.63, 3.8) is 0 Å². The molecule has 3 amide bonds. The van der Waals surface area contributed by atoms with Crippen LogP contribution in [0.2, 0.25) is 0 Å². The summed E-state index contributed by atoms with van der Waals surface area (Å²) in [5.74, 6) is 2.00. The molecule has 0 radical (unpaired) electrons. The molecule has 5 aromatic rings. The smallest absolute Gasteiger partial charge is 0.407 e. The maximum absolute atomic E-state index is 13.7. The Balaban J connectivity index is 0.928. The fraction of sp³-hybridized carbons (Fsp3) is 0.422. The minimum atomic E-state index is -1.27. The molecule has 9 rings (SSSR count).